The molecule has 3 N–H and O–H groups in total. The molecule has 0 aromatic carbocycles. The van der Waals surface area contributed by atoms with E-state index >= 15 is 0 Å². The summed E-state index contributed by atoms with van der Waals surface area (Å²) in [6.45, 7) is 3.80. The van der Waals surface area contributed by atoms with E-state index in [0.29, 0.717) is 19.6 Å². The van der Waals surface area contributed by atoms with Gasteiger partial charge in [-0.3, -0.25) is 19.2 Å². The first-order valence-electron chi connectivity index (χ1n) is 12.1. The Morgan fingerprint density at radius 2 is 1.91 bits per heavy atom. The van der Waals surface area contributed by atoms with Crippen molar-refractivity contribution in [3.8, 4) is 0 Å². The minimum atomic E-state index is -0.833. The molecular weight excluding hydrogens is 424 g/mol. The number of nitrogens with zero attached hydrogens (tertiary/aromatic N) is 2. The lowest BCUT2D eigenvalue weighted by atomic mass is 9.78. The smallest absolute Gasteiger partial charge is 0.300 e. The van der Waals surface area contributed by atoms with Crippen LogP contribution >= 0.6 is 0 Å². The molecular formula is C24H34N4O5. The summed E-state index contributed by atoms with van der Waals surface area (Å²) in [4.78, 5) is 49.1. The third-order valence-electron chi connectivity index (χ3n) is 7.15. The number of nitrogens with one attached hydrogen (secondary N) is 2. The molecule has 3 fully saturated rings. The number of likely N-dealkylation sites (tertiary alicyclic amines) is 1. The van der Waals surface area contributed by atoms with Gasteiger partial charge in [0.1, 0.15) is 0 Å². The van der Waals surface area contributed by atoms with Crippen LogP contribution in [0.2, 0.25) is 0 Å². The summed E-state index contributed by atoms with van der Waals surface area (Å²) < 4.78 is 1.90. The molecule has 1 aromatic rings. The Hall–Kier alpha value is -2.68. The van der Waals surface area contributed by atoms with Gasteiger partial charge in [-0.25, -0.2) is 0 Å². The van der Waals surface area contributed by atoms with Crippen molar-refractivity contribution in [3.05, 3.63) is 34.2 Å². The molecule has 0 spiro atoms. The van der Waals surface area contributed by atoms with E-state index in [2.05, 4.69) is 10.6 Å². The molecule has 9 heteroatoms. The number of piperidine rings is 2. The van der Waals surface area contributed by atoms with E-state index in [1.165, 1.54) is 0 Å². The summed E-state index contributed by atoms with van der Waals surface area (Å²) in [5, 5.41) is 13.9. The third kappa shape index (κ3) is 5.46. The number of aliphatic carboxylic acids is 1. The third-order valence-corrected chi connectivity index (χ3v) is 7.15. The molecule has 2 amide bonds. The molecule has 1 aromatic heterocycles. The lowest BCUT2D eigenvalue weighted by molar-refractivity contribution is -0.137. The summed E-state index contributed by atoms with van der Waals surface area (Å²) in [6, 6.07) is 5.28. The Morgan fingerprint density at radius 1 is 1.15 bits per heavy atom. The molecule has 0 unspecified atom stereocenters. The Balaban J connectivity index is 0.000000601. The van der Waals surface area contributed by atoms with E-state index in [9.17, 15) is 14.4 Å². The summed E-state index contributed by atoms with van der Waals surface area (Å²) >= 11 is 0. The number of amides is 2. The van der Waals surface area contributed by atoms with Gasteiger partial charge in [0.25, 0.3) is 11.5 Å². The number of hydrogen-bond donors (Lipinski definition) is 3. The average molecular weight is 459 g/mol. The molecule has 2 bridgehead atoms. The second-order valence-electron chi connectivity index (χ2n) is 9.70. The second kappa shape index (κ2) is 10.1. The topological polar surface area (TPSA) is 121 Å². The van der Waals surface area contributed by atoms with Gasteiger partial charge < -0.3 is 25.2 Å². The van der Waals surface area contributed by atoms with E-state index in [1.807, 2.05) is 21.6 Å². The van der Waals surface area contributed by atoms with Gasteiger partial charge in [-0.2, -0.15) is 0 Å². The van der Waals surface area contributed by atoms with Crippen LogP contribution in [0.4, 0.5) is 0 Å². The van der Waals surface area contributed by atoms with Gasteiger partial charge in [0.2, 0.25) is 11.8 Å². The Morgan fingerprint density at radius 3 is 2.58 bits per heavy atom. The number of pyridine rings is 1. The summed E-state index contributed by atoms with van der Waals surface area (Å²) in [6.07, 6.45) is 6.04. The molecule has 2 saturated heterocycles. The molecule has 9 nitrogen and oxygen atoms in total. The molecule has 33 heavy (non-hydrogen) atoms. The van der Waals surface area contributed by atoms with Crippen molar-refractivity contribution in [2.45, 2.75) is 63.5 Å². The van der Waals surface area contributed by atoms with Crippen molar-refractivity contribution in [3.63, 3.8) is 0 Å². The SMILES string of the molecule is CC(=O)O.O=C(NC[C@H]1[C@H]2C[C@H](CN(C(=O)[C@@H]3CCCCN3)C2)c2cccc(=O)n21)C1CC1. The zero-order valence-electron chi connectivity index (χ0n) is 19.2. The van der Waals surface area contributed by atoms with Gasteiger partial charge in [-0.1, -0.05) is 12.5 Å². The fourth-order valence-electron chi connectivity index (χ4n) is 5.46. The van der Waals surface area contributed by atoms with Gasteiger partial charge in [-0.05, 0) is 50.6 Å². The lowest BCUT2D eigenvalue weighted by Gasteiger charge is -2.47. The first-order chi connectivity index (χ1) is 15.8. The van der Waals surface area contributed by atoms with Crippen molar-refractivity contribution in [1.82, 2.24) is 20.1 Å². The fourth-order valence-corrected chi connectivity index (χ4v) is 5.46. The van der Waals surface area contributed by atoms with Gasteiger partial charge in [0.15, 0.2) is 0 Å². The normalized spacial score (nSPS) is 28.1. The fraction of sp³-hybridized carbons (Fsp3) is 0.667. The maximum Gasteiger partial charge on any atom is 0.300 e. The van der Waals surface area contributed by atoms with Gasteiger partial charge >= 0.3 is 0 Å². The van der Waals surface area contributed by atoms with Gasteiger partial charge in [-0.15, -0.1) is 0 Å². The number of carboxylic acids is 1. The maximum absolute atomic E-state index is 13.2. The van der Waals surface area contributed by atoms with Gasteiger partial charge in [0, 0.05) is 50.2 Å². The molecule has 1 aliphatic carbocycles. The highest BCUT2D eigenvalue weighted by Crippen LogP contribution is 2.41. The maximum atomic E-state index is 13.2. The van der Waals surface area contributed by atoms with Crippen LogP contribution in [-0.2, 0) is 14.4 Å². The molecule has 4 atom stereocenters. The van der Waals surface area contributed by atoms with E-state index < -0.39 is 5.97 Å². The summed E-state index contributed by atoms with van der Waals surface area (Å²) in [5.74, 6) is -0.00113. The predicted octanol–water partition coefficient (Wildman–Crippen LogP) is 1.09. The number of rotatable bonds is 4. The second-order valence-corrected chi connectivity index (χ2v) is 9.70. The summed E-state index contributed by atoms with van der Waals surface area (Å²) in [7, 11) is 0. The van der Waals surface area contributed by atoms with Crippen LogP contribution in [0.3, 0.4) is 0 Å². The van der Waals surface area contributed by atoms with E-state index in [-0.39, 0.29) is 47.2 Å². The number of carbonyl (C=O) groups excluding carboxylic acids is 2. The zero-order chi connectivity index (χ0) is 23.5. The number of fused-ring (bicyclic) bond motifs is 4. The van der Waals surface area contributed by atoms with Crippen LogP contribution in [0.1, 0.15) is 63.1 Å². The predicted molar refractivity (Wildman–Crippen MR) is 122 cm³/mol. The molecule has 4 aliphatic rings. The quantitative estimate of drug-likeness (QED) is 0.621. The van der Waals surface area contributed by atoms with Crippen LogP contribution < -0.4 is 16.2 Å². The Labute approximate surface area is 193 Å². The number of hydrogen-bond acceptors (Lipinski definition) is 5. The zero-order valence-corrected chi connectivity index (χ0v) is 19.2. The molecule has 180 valence electrons. The molecule has 0 radical (unpaired) electrons. The highest BCUT2D eigenvalue weighted by molar-refractivity contribution is 5.82. The molecule has 1 saturated carbocycles. The van der Waals surface area contributed by atoms with Crippen LogP contribution in [0.5, 0.6) is 0 Å². The Bertz CT molecular complexity index is 946. The lowest BCUT2D eigenvalue weighted by Crippen LogP contribution is -2.57. The van der Waals surface area contributed by atoms with E-state index in [1.54, 1.807) is 6.07 Å². The van der Waals surface area contributed by atoms with Crippen LogP contribution in [-0.4, -0.2) is 64.6 Å². The summed E-state index contributed by atoms with van der Waals surface area (Å²) in [5.41, 5.74) is 1.00. The monoisotopic (exact) mass is 458 g/mol. The van der Waals surface area contributed by atoms with Crippen molar-refractivity contribution in [2.24, 2.45) is 11.8 Å². The van der Waals surface area contributed by atoms with Crippen molar-refractivity contribution < 1.29 is 19.5 Å². The van der Waals surface area contributed by atoms with Gasteiger partial charge in [0.05, 0.1) is 12.1 Å². The number of aromatic nitrogens is 1. The highest BCUT2D eigenvalue weighted by atomic mass is 16.4. The number of carboxylic acid groups (broad SMARTS) is 1. The van der Waals surface area contributed by atoms with Crippen LogP contribution in [0.15, 0.2) is 23.0 Å². The average Bonchev–Trinajstić information content (AvgIpc) is 3.64. The first kappa shape index (κ1) is 23.5. The largest absolute Gasteiger partial charge is 0.481 e. The molecule has 3 aliphatic heterocycles. The van der Waals surface area contributed by atoms with Crippen molar-refractivity contribution in [1.29, 1.82) is 0 Å². The van der Waals surface area contributed by atoms with Crippen molar-refractivity contribution in [2.75, 3.05) is 26.2 Å². The van der Waals surface area contributed by atoms with Crippen LogP contribution in [0, 0.1) is 11.8 Å². The Kier molecular flexibility index (Phi) is 7.17. The molecule has 4 heterocycles. The first-order valence-corrected chi connectivity index (χ1v) is 12.1. The highest BCUT2D eigenvalue weighted by Gasteiger charge is 2.43. The van der Waals surface area contributed by atoms with E-state index in [0.717, 1.165) is 57.7 Å². The van der Waals surface area contributed by atoms with Crippen molar-refractivity contribution >= 4 is 17.8 Å². The molecule has 5 rings (SSSR count). The number of carbonyl (C=O) groups is 3. The van der Waals surface area contributed by atoms with Crippen LogP contribution in [0.25, 0.3) is 0 Å². The standard InChI is InChI=1S/C22H30N4O3.C2H4O2/c27-20-6-3-5-18-15-10-16(19(26(18)20)11-24-21(28)14-7-8-14)13-25(12-15)22(29)17-4-1-2-9-23-17;1-2(3)4/h3,5-6,14-17,19,23H,1-2,4,7-13H2,(H,24,28);1H3,(H,3,4)/t15-,16+,17+,19+;/m1./s1. The minimum absolute atomic E-state index is 0.00315. The van der Waals surface area contributed by atoms with E-state index in [4.69, 9.17) is 9.90 Å². The minimum Gasteiger partial charge on any atom is -0.481 e.